The van der Waals surface area contributed by atoms with Gasteiger partial charge in [0.2, 0.25) is 0 Å². The summed E-state index contributed by atoms with van der Waals surface area (Å²) in [5.74, 6) is -0.339. The Hall–Kier alpha value is -2.45. The summed E-state index contributed by atoms with van der Waals surface area (Å²) in [6.07, 6.45) is 12.5. The van der Waals surface area contributed by atoms with Crippen LogP contribution in [-0.4, -0.2) is 47.2 Å². The number of hydrogen-bond acceptors (Lipinski definition) is 6. The van der Waals surface area contributed by atoms with Gasteiger partial charge in [-0.15, -0.1) is 11.3 Å². The van der Waals surface area contributed by atoms with Gasteiger partial charge in [0, 0.05) is 49.7 Å². The fourth-order valence-corrected chi connectivity index (χ4v) is 5.74. The number of halogens is 1. The first-order valence-corrected chi connectivity index (χ1v) is 14.4. The molecular formula is C28H40FN5OS. The molecule has 1 aliphatic heterocycles. The second-order valence-corrected chi connectivity index (χ2v) is 10.7. The Morgan fingerprint density at radius 3 is 2.33 bits per heavy atom. The molecule has 0 atom stereocenters. The van der Waals surface area contributed by atoms with E-state index < -0.39 is 0 Å². The summed E-state index contributed by atoms with van der Waals surface area (Å²) in [7, 11) is 0. The highest BCUT2D eigenvalue weighted by Crippen LogP contribution is 2.29. The second-order valence-electron chi connectivity index (χ2n) is 9.85. The molecule has 2 N–H and O–H groups in total. The molecule has 0 saturated carbocycles. The Bertz CT molecular complexity index is 1200. The van der Waals surface area contributed by atoms with Crippen LogP contribution in [-0.2, 0) is 6.54 Å². The maximum atomic E-state index is 15.3. The van der Waals surface area contributed by atoms with Crippen molar-refractivity contribution >= 4 is 33.1 Å². The fraction of sp³-hybridized carbons (Fsp3) is 0.571. The van der Waals surface area contributed by atoms with Gasteiger partial charge in [-0.1, -0.05) is 51.9 Å². The van der Waals surface area contributed by atoms with Crippen molar-refractivity contribution in [3.63, 3.8) is 0 Å². The lowest BCUT2D eigenvalue weighted by Gasteiger charge is -2.36. The van der Waals surface area contributed by atoms with E-state index in [9.17, 15) is 4.79 Å². The monoisotopic (exact) mass is 513 g/mol. The van der Waals surface area contributed by atoms with Crippen molar-refractivity contribution in [1.82, 2.24) is 14.5 Å². The molecule has 3 aromatic rings. The molecule has 6 nitrogen and oxygen atoms in total. The molecular weight excluding hydrogens is 473 g/mol. The van der Waals surface area contributed by atoms with Crippen LogP contribution in [0.25, 0.3) is 22.2 Å². The summed E-state index contributed by atoms with van der Waals surface area (Å²) in [5.41, 5.74) is 7.91. The van der Waals surface area contributed by atoms with Gasteiger partial charge in [-0.25, -0.2) is 9.37 Å². The molecule has 0 unspecified atom stereocenters. The number of anilines is 2. The van der Waals surface area contributed by atoms with E-state index in [1.165, 1.54) is 68.8 Å². The minimum absolute atomic E-state index is 0.208. The molecule has 4 rings (SSSR count). The maximum absolute atomic E-state index is 15.3. The SMILES string of the molecule is CCCCCCCCCCN1CCN(c2cc3c(cc2F)c(=O)c(-c2csc(N)n2)cn3CC)CC1. The predicted octanol–water partition coefficient (Wildman–Crippen LogP) is 6.13. The number of piperazine rings is 1. The number of hydrogen-bond donors (Lipinski definition) is 1. The minimum atomic E-state index is -0.339. The second kappa shape index (κ2) is 12.7. The Labute approximate surface area is 217 Å². The van der Waals surface area contributed by atoms with Gasteiger partial charge in [0.1, 0.15) is 5.82 Å². The number of fused-ring (bicyclic) bond motifs is 1. The molecule has 1 fully saturated rings. The third-order valence-corrected chi connectivity index (χ3v) is 8.00. The van der Waals surface area contributed by atoms with Crippen LogP contribution in [0.1, 0.15) is 65.2 Å². The van der Waals surface area contributed by atoms with Crippen LogP contribution in [0, 0.1) is 5.82 Å². The number of unbranched alkanes of at least 4 members (excludes halogenated alkanes) is 7. The number of thiazole rings is 1. The van der Waals surface area contributed by atoms with Crippen LogP contribution < -0.4 is 16.1 Å². The molecule has 3 heterocycles. The minimum Gasteiger partial charge on any atom is -0.375 e. The number of nitrogens with zero attached hydrogens (tertiary/aromatic N) is 4. The number of rotatable bonds is 12. The zero-order valence-corrected chi connectivity index (χ0v) is 22.6. The zero-order chi connectivity index (χ0) is 25.5. The lowest BCUT2D eigenvalue weighted by atomic mass is 10.1. The molecule has 0 spiro atoms. The van der Waals surface area contributed by atoms with Crippen LogP contribution in [0.5, 0.6) is 0 Å². The van der Waals surface area contributed by atoms with E-state index in [1.807, 2.05) is 23.8 Å². The van der Waals surface area contributed by atoms with Crippen LogP contribution in [0.3, 0.4) is 0 Å². The average molecular weight is 514 g/mol. The van der Waals surface area contributed by atoms with E-state index in [1.54, 1.807) is 5.38 Å². The molecule has 1 aliphatic rings. The van der Waals surface area contributed by atoms with Crippen LogP contribution in [0.2, 0.25) is 0 Å². The molecule has 8 heteroatoms. The Morgan fingerprint density at radius 1 is 1.00 bits per heavy atom. The highest BCUT2D eigenvalue weighted by molar-refractivity contribution is 7.13. The average Bonchev–Trinajstić information content (AvgIpc) is 3.32. The molecule has 0 aliphatic carbocycles. The first-order chi connectivity index (χ1) is 17.5. The smallest absolute Gasteiger partial charge is 0.198 e. The van der Waals surface area contributed by atoms with Gasteiger partial charge < -0.3 is 15.2 Å². The number of aromatic nitrogens is 2. The molecule has 196 valence electrons. The first-order valence-electron chi connectivity index (χ1n) is 13.6. The molecule has 0 amide bonds. The van der Waals surface area contributed by atoms with Gasteiger partial charge >= 0.3 is 0 Å². The third kappa shape index (κ3) is 6.27. The quantitative estimate of drug-likeness (QED) is 0.295. The summed E-state index contributed by atoms with van der Waals surface area (Å²) in [5, 5.41) is 2.57. The van der Waals surface area contributed by atoms with Gasteiger partial charge in [-0.05, 0) is 32.0 Å². The van der Waals surface area contributed by atoms with E-state index in [0.29, 0.717) is 34.0 Å². The highest BCUT2D eigenvalue weighted by Gasteiger charge is 2.22. The highest BCUT2D eigenvalue weighted by atomic mass is 32.1. The van der Waals surface area contributed by atoms with Crippen molar-refractivity contribution in [3.05, 3.63) is 39.8 Å². The van der Waals surface area contributed by atoms with Crippen molar-refractivity contribution in [3.8, 4) is 11.3 Å². The number of aryl methyl sites for hydroxylation is 1. The van der Waals surface area contributed by atoms with Gasteiger partial charge in [0.15, 0.2) is 10.6 Å². The number of nitrogens with two attached hydrogens (primary N) is 1. The van der Waals surface area contributed by atoms with Gasteiger partial charge in [0.25, 0.3) is 0 Å². The van der Waals surface area contributed by atoms with E-state index >= 15 is 4.39 Å². The molecule has 2 aromatic heterocycles. The predicted molar refractivity (Wildman–Crippen MR) is 151 cm³/mol. The van der Waals surface area contributed by atoms with Crippen molar-refractivity contribution in [2.75, 3.05) is 43.4 Å². The van der Waals surface area contributed by atoms with Crippen molar-refractivity contribution in [2.45, 2.75) is 71.8 Å². The van der Waals surface area contributed by atoms with Crippen LogP contribution in [0.4, 0.5) is 15.2 Å². The van der Waals surface area contributed by atoms with Crippen LogP contribution >= 0.6 is 11.3 Å². The molecule has 0 bridgehead atoms. The number of nitrogen functional groups attached to an aromatic ring is 1. The standard InChI is InChI=1S/C28H40FN5OS/c1-3-5-6-7-8-9-10-11-12-32-13-15-34(16-14-32)26-18-25-21(17-23(26)29)27(35)22(19-33(25)4-2)24-20-36-28(30)31-24/h17-20H,3-16H2,1-2H3,(H2,30,31). The lowest BCUT2D eigenvalue weighted by molar-refractivity contribution is 0.251. The first kappa shape index (κ1) is 26.6. The molecule has 0 radical (unpaired) electrons. The Morgan fingerprint density at radius 2 is 1.69 bits per heavy atom. The van der Waals surface area contributed by atoms with Crippen LogP contribution in [0.15, 0.2) is 28.5 Å². The fourth-order valence-electron chi connectivity index (χ4n) is 5.18. The summed E-state index contributed by atoms with van der Waals surface area (Å²) >= 11 is 1.30. The summed E-state index contributed by atoms with van der Waals surface area (Å²) in [6.45, 7) is 9.56. The summed E-state index contributed by atoms with van der Waals surface area (Å²) < 4.78 is 17.3. The van der Waals surface area contributed by atoms with Crippen molar-refractivity contribution in [2.24, 2.45) is 0 Å². The topological polar surface area (TPSA) is 67.4 Å². The van der Waals surface area contributed by atoms with Gasteiger partial charge in [-0.2, -0.15) is 0 Å². The van der Waals surface area contributed by atoms with E-state index in [0.717, 1.165) is 38.2 Å². The van der Waals surface area contributed by atoms with E-state index in [2.05, 4.69) is 21.7 Å². The zero-order valence-electron chi connectivity index (χ0n) is 21.8. The van der Waals surface area contributed by atoms with Crippen molar-refractivity contribution < 1.29 is 4.39 Å². The Balaban J connectivity index is 1.40. The van der Waals surface area contributed by atoms with E-state index in [-0.39, 0.29) is 11.2 Å². The third-order valence-electron chi connectivity index (χ3n) is 7.33. The molecule has 1 aromatic carbocycles. The maximum Gasteiger partial charge on any atom is 0.198 e. The summed E-state index contributed by atoms with van der Waals surface area (Å²) in [4.78, 5) is 22.1. The normalized spacial score (nSPS) is 14.7. The largest absolute Gasteiger partial charge is 0.375 e. The van der Waals surface area contributed by atoms with Gasteiger partial charge in [0.05, 0.1) is 22.5 Å². The van der Waals surface area contributed by atoms with E-state index in [4.69, 9.17) is 5.73 Å². The van der Waals surface area contributed by atoms with Crippen molar-refractivity contribution in [1.29, 1.82) is 0 Å². The number of pyridine rings is 1. The number of benzene rings is 1. The molecule has 1 saturated heterocycles. The lowest BCUT2D eigenvalue weighted by Crippen LogP contribution is -2.47. The summed E-state index contributed by atoms with van der Waals surface area (Å²) in [6, 6.07) is 3.26. The van der Waals surface area contributed by atoms with Gasteiger partial charge in [-0.3, -0.25) is 9.69 Å². The molecule has 36 heavy (non-hydrogen) atoms. The Kier molecular flexibility index (Phi) is 9.37.